The van der Waals surface area contributed by atoms with Gasteiger partial charge in [-0.25, -0.2) is 9.97 Å². The van der Waals surface area contributed by atoms with Gasteiger partial charge in [0.15, 0.2) is 0 Å². The Labute approximate surface area is 134 Å². The molecule has 2 heterocycles. The van der Waals surface area contributed by atoms with Crippen LogP contribution in [0.25, 0.3) is 11.0 Å². The van der Waals surface area contributed by atoms with Crippen LogP contribution in [0.3, 0.4) is 0 Å². The number of anilines is 2. The molecule has 0 atom stereocenters. The van der Waals surface area contributed by atoms with Crippen molar-refractivity contribution in [2.45, 2.75) is 13.3 Å². The molecule has 2 N–H and O–H groups in total. The Morgan fingerprint density at radius 3 is 2.61 bits per heavy atom. The molecule has 0 saturated heterocycles. The van der Waals surface area contributed by atoms with E-state index in [9.17, 15) is 4.79 Å². The molecule has 3 rings (SSSR count). The Morgan fingerprint density at radius 2 is 1.83 bits per heavy atom. The third-order valence-electron chi connectivity index (χ3n) is 3.29. The Balaban J connectivity index is 1.51. The van der Waals surface area contributed by atoms with E-state index in [0.29, 0.717) is 24.6 Å². The predicted octanol–water partition coefficient (Wildman–Crippen LogP) is 2.77. The third-order valence-corrected chi connectivity index (χ3v) is 3.29. The van der Waals surface area contributed by atoms with Gasteiger partial charge in [-0.15, -0.1) is 0 Å². The lowest BCUT2D eigenvalue weighted by Gasteiger charge is -2.07. The van der Waals surface area contributed by atoms with Crippen LogP contribution in [0.5, 0.6) is 0 Å². The number of aryl methyl sites for hydroxylation is 1. The van der Waals surface area contributed by atoms with E-state index in [4.69, 9.17) is 0 Å². The summed E-state index contributed by atoms with van der Waals surface area (Å²) < 4.78 is 0. The number of aromatic nitrogens is 3. The van der Waals surface area contributed by atoms with E-state index in [2.05, 4.69) is 25.6 Å². The minimum atomic E-state index is -0.0948. The molecule has 0 unspecified atom stereocenters. The molecular weight excluding hydrogens is 290 g/mol. The molecule has 0 saturated carbocycles. The van der Waals surface area contributed by atoms with Crippen molar-refractivity contribution in [1.29, 1.82) is 0 Å². The summed E-state index contributed by atoms with van der Waals surface area (Å²) in [4.78, 5) is 24.8. The molecule has 0 radical (unpaired) electrons. The maximum Gasteiger partial charge on any atom is 0.227 e. The number of hydrogen-bond acceptors (Lipinski definition) is 5. The summed E-state index contributed by atoms with van der Waals surface area (Å²) in [5.74, 6) is 1.12. The van der Waals surface area contributed by atoms with E-state index in [1.54, 1.807) is 18.5 Å². The van der Waals surface area contributed by atoms with Crippen LogP contribution < -0.4 is 10.6 Å². The van der Waals surface area contributed by atoms with Crippen molar-refractivity contribution in [2.24, 2.45) is 0 Å². The van der Waals surface area contributed by atoms with Crippen molar-refractivity contribution >= 4 is 28.6 Å². The average Bonchev–Trinajstić information content (AvgIpc) is 2.57. The fourth-order valence-electron chi connectivity index (χ4n) is 2.09. The molecule has 0 aliphatic carbocycles. The molecule has 116 valence electrons. The second-order valence-electron chi connectivity index (χ2n) is 5.19. The first-order valence-electron chi connectivity index (χ1n) is 7.39. The van der Waals surface area contributed by atoms with E-state index < -0.39 is 0 Å². The highest BCUT2D eigenvalue weighted by Crippen LogP contribution is 2.11. The lowest BCUT2D eigenvalue weighted by atomic mass is 10.3. The first-order chi connectivity index (χ1) is 11.2. The van der Waals surface area contributed by atoms with Crippen LogP contribution in [0.2, 0.25) is 0 Å². The normalized spacial score (nSPS) is 10.5. The van der Waals surface area contributed by atoms with Gasteiger partial charge < -0.3 is 10.6 Å². The molecule has 0 aliphatic heterocycles. The summed E-state index contributed by atoms with van der Waals surface area (Å²) >= 11 is 0. The molecule has 1 aromatic carbocycles. The van der Waals surface area contributed by atoms with E-state index >= 15 is 0 Å². The van der Waals surface area contributed by atoms with Crippen molar-refractivity contribution in [3.63, 3.8) is 0 Å². The number of hydrogen-bond donors (Lipinski definition) is 2. The number of fused-ring (bicyclic) bond motifs is 1. The van der Waals surface area contributed by atoms with Crippen LogP contribution in [0, 0.1) is 6.92 Å². The van der Waals surface area contributed by atoms with Crippen LogP contribution in [0.1, 0.15) is 12.0 Å². The van der Waals surface area contributed by atoms with Gasteiger partial charge in [-0.1, -0.05) is 18.2 Å². The summed E-state index contributed by atoms with van der Waals surface area (Å²) in [6.07, 6.45) is 3.71. The number of rotatable bonds is 5. The standard InChI is InChI=1S/C17H17N5O/c1-12-6-7-15(20-10-12)22-17(23)8-9-18-16-11-19-13-4-2-3-5-14(13)21-16/h2-7,10-11H,8-9H2,1H3,(H,18,21)(H,20,22,23). The van der Waals surface area contributed by atoms with Crippen molar-refractivity contribution in [3.05, 3.63) is 54.4 Å². The second kappa shape index (κ2) is 6.83. The van der Waals surface area contributed by atoms with Crippen molar-refractivity contribution < 1.29 is 4.79 Å². The zero-order valence-electron chi connectivity index (χ0n) is 12.8. The number of benzene rings is 1. The molecule has 3 aromatic rings. The SMILES string of the molecule is Cc1ccc(NC(=O)CCNc2cnc3ccccc3n2)nc1. The minimum Gasteiger partial charge on any atom is -0.368 e. The summed E-state index contributed by atoms with van der Waals surface area (Å²) in [7, 11) is 0. The summed E-state index contributed by atoms with van der Waals surface area (Å²) in [6.45, 7) is 2.43. The number of nitrogens with one attached hydrogen (secondary N) is 2. The number of para-hydroxylation sites is 2. The van der Waals surface area contributed by atoms with Gasteiger partial charge in [0, 0.05) is 19.2 Å². The Kier molecular flexibility index (Phi) is 4.42. The Hall–Kier alpha value is -3.02. The number of carbonyl (C=O) groups is 1. The minimum absolute atomic E-state index is 0.0948. The van der Waals surface area contributed by atoms with Gasteiger partial charge in [-0.2, -0.15) is 0 Å². The Bertz CT molecular complexity index is 817. The maximum atomic E-state index is 11.9. The second-order valence-corrected chi connectivity index (χ2v) is 5.19. The molecule has 0 spiro atoms. The number of nitrogens with zero attached hydrogens (tertiary/aromatic N) is 3. The number of pyridine rings is 1. The Morgan fingerprint density at radius 1 is 1.00 bits per heavy atom. The smallest absolute Gasteiger partial charge is 0.227 e. The van der Waals surface area contributed by atoms with Gasteiger partial charge in [0.2, 0.25) is 5.91 Å². The molecular formula is C17H17N5O. The lowest BCUT2D eigenvalue weighted by molar-refractivity contribution is -0.116. The predicted molar refractivity (Wildman–Crippen MR) is 90.2 cm³/mol. The molecule has 23 heavy (non-hydrogen) atoms. The van der Waals surface area contributed by atoms with Crippen molar-refractivity contribution in [1.82, 2.24) is 15.0 Å². The molecule has 0 fully saturated rings. The zero-order valence-corrected chi connectivity index (χ0v) is 12.8. The fourth-order valence-corrected chi connectivity index (χ4v) is 2.09. The number of carbonyl (C=O) groups excluding carboxylic acids is 1. The summed E-state index contributed by atoms with van der Waals surface area (Å²) in [6, 6.07) is 11.4. The van der Waals surface area contributed by atoms with Crippen LogP contribution in [-0.4, -0.2) is 27.4 Å². The van der Waals surface area contributed by atoms with Gasteiger partial charge in [-0.05, 0) is 30.7 Å². The molecule has 0 bridgehead atoms. The van der Waals surface area contributed by atoms with Crippen LogP contribution in [0.15, 0.2) is 48.8 Å². The van der Waals surface area contributed by atoms with Gasteiger partial charge in [0.1, 0.15) is 11.6 Å². The quantitative estimate of drug-likeness (QED) is 0.757. The van der Waals surface area contributed by atoms with E-state index in [0.717, 1.165) is 16.6 Å². The summed E-state index contributed by atoms with van der Waals surface area (Å²) in [5.41, 5.74) is 2.73. The van der Waals surface area contributed by atoms with Crippen molar-refractivity contribution in [2.75, 3.05) is 17.2 Å². The van der Waals surface area contributed by atoms with E-state index in [1.807, 2.05) is 37.3 Å². The van der Waals surface area contributed by atoms with Gasteiger partial charge in [0.25, 0.3) is 0 Å². The largest absolute Gasteiger partial charge is 0.368 e. The maximum absolute atomic E-state index is 11.9. The van der Waals surface area contributed by atoms with E-state index in [-0.39, 0.29) is 5.91 Å². The average molecular weight is 307 g/mol. The van der Waals surface area contributed by atoms with Gasteiger partial charge in [0.05, 0.1) is 17.2 Å². The van der Waals surface area contributed by atoms with Crippen LogP contribution in [0.4, 0.5) is 11.6 Å². The zero-order chi connectivity index (χ0) is 16.1. The van der Waals surface area contributed by atoms with Gasteiger partial charge in [-0.3, -0.25) is 9.78 Å². The number of amides is 1. The third kappa shape index (κ3) is 4.00. The highest BCUT2D eigenvalue weighted by Gasteiger charge is 2.04. The molecule has 2 aromatic heterocycles. The van der Waals surface area contributed by atoms with Crippen molar-refractivity contribution in [3.8, 4) is 0 Å². The highest BCUT2D eigenvalue weighted by atomic mass is 16.1. The summed E-state index contributed by atoms with van der Waals surface area (Å²) in [5, 5.41) is 5.87. The monoisotopic (exact) mass is 307 g/mol. The fraction of sp³-hybridized carbons (Fsp3) is 0.176. The van der Waals surface area contributed by atoms with E-state index in [1.165, 1.54) is 0 Å². The first kappa shape index (κ1) is 14.9. The lowest BCUT2D eigenvalue weighted by Crippen LogP contribution is -2.17. The first-order valence-corrected chi connectivity index (χ1v) is 7.39. The molecule has 6 nitrogen and oxygen atoms in total. The van der Waals surface area contributed by atoms with Gasteiger partial charge >= 0.3 is 0 Å². The highest BCUT2D eigenvalue weighted by molar-refractivity contribution is 5.90. The topological polar surface area (TPSA) is 79.8 Å². The van der Waals surface area contributed by atoms with Crippen LogP contribution in [-0.2, 0) is 4.79 Å². The van der Waals surface area contributed by atoms with Crippen LogP contribution >= 0.6 is 0 Å². The molecule has 6 heteroatoms. The molecule has 1 amide bonds. The molecule has 0 aliphatic rings.